The number of fused-ring (bicyclic) bond motifs is 6. The number of piperazine rings is 1. The van der Waals surface area contributed by atoms with Crippen LogP contribution >= 0.6 is 11.6 Å². The minimum absolute atomic E-state index is 0.0179. The highest BCUT2D eigenvalue weighted by Crippen LogP contribution is 2.51. The van der Waals surface area contributed by atoms with Crippen LogP contribution in [0.5, 0.6) is 11.9 Å². The van der Waals surface area contributed by atoms with E-state index in [9.17, 15) is 13.2 Å². The normalized spacial score (nSPS) is 29.5. The summed E-state index contributed by atoms with van der Waals surface area (Å²) >= 11 is 6.00. The number of hydrogen-bond acceptors (Lipinski definition) is 9. The summed E-state index contributed by atoms with van der Waals surface area (Å²) in [5.74, 6) is -0.720. The predicted molar refractivity (Wildman–Crippen MR) is 145 cm³/mol. The minimum atomic E-state index is -4.91. The summed E-state index contributed by atoms with van der Waals surface area (Å²) in [7, 11) is 0. The van der Waals surface area contributed by atoms with Crippen molar-refractivity contribution in [2.24, 2.45) is 5.41 Å². The first kappa shape index (κ1) is 26.5. The second-order valence-electron chi connectivity index (χ2n) is 12.1. The van der Waals surface area contributed by atoms with Crippen molar-refractivity contribution >= 4 is 34.0 Å². The highest BCUT2D eigenvalue weighted by atomic mass is 35.5. The van der Waals surface area contributed by atoms with E-state index < -0.39 is 33.8 Å². The van der Waals surface area contributed by atoms with Gasteiger partial charge in [0, 0.05) is 47.8 Å². The lowest BCUT2D eigenvalue weighted by atomic mass is 9.71. The smallest absolute Gasteiger partial charge is 0.418 e. The van der Waals surface area contributed by atoms with E-state index in [0.29, 0.717) is 25.4 Å². The predicted octanol–water partition coefficient (Wildman–Crippen LogP) is 4.73. The summed E-state index contributed by atoms with van der Waals surface area (Å²) in [6, 6.07) is 2.38. The summed E-state index contributed by atoms with van der Waals surface area (Å²) < 4.78 is 77.0. The first-order valence-electron chi connectivity index (χ1n) is 14.1. The van der Waals surface area contributed by atoms with E-state index in [1.807, 2.05) is 0 Å². The molecule has 1 aromatic carbocycles. The number of nitrogens with one attached hydrogen (secondary N) is 1. The van der Waals surface area contributed by atoms with Gasteiger partial charge in [0.2, 0.25) is 5.88 Å². The fraction of sp³-hybridized carbons (Fsp3) is 0.536. The number of hydrogen-bond donors (Lipinski definition) is 2. The van der Waals surface area contributed by atoms with Crippen molar-refractivity contribution in [1.82, 2.24) is 20.3 Å². The molecule has 3 aromatic rings. The zero-order chi connectivity index (χ0) is 29.0. The molecule has 7 heterocycles. The van der Waals surface area contributed by atoms with Crippen molar-refractivity contribution < 1.29 is 31.8 Å². The molecule has 14 heteroatoms. The molecule has 1 saturated carbocycles. The average molecular weight is 607 g/mol. The minimum Gasteiger partial charge on any atom is -0.477 e. The number of rotatable bonds is 4. The number of aromatic nitrogens is 3. The van der Waals surface area contributed by atoms with Crippen molar-refractivity contribution in [2.45, 2.75) is 62.5 Å². The molecular weight excluding hydrogens is 580 g/mol. The van der Waals surface area contributed by atoms with Crippen LogP contribution in [0, 0.1) is 11.2 Å². The van der Waals surface area contributed by atoms with Crippen molar-refractivity contribution in [2.75, 3.05) is 37.0 Å². The van der Waals surface area contributed by atoms with E-state index in [4.69, 9.17) is 36.5 Å². The maximum atomic E-state index is 16.6. The van der Waals surface area contributed by atoms with Crippen LogP contribution in [0.25, 0.3) is 22.2 Å². The maximum absolute atomic E-state index is 16.6. The lowest BCUT2D eigenvalue weighted by Gasteiger charge is -2.43. The van der Waals surface area contributed by atoms with Crippen LogP contribution in [0.15, 0.2) is 12.1 Å². The van der Waals surface area contributed by atoms with Gasteiger partial charge in [0.25, 0.3) is 0 Å². The molecular formula is C28H27ClF4N6O3. The van der Waals surface area contributed by atoms with Crippen LogP contribution in [0.3, 0.4) is 0 Å². The molecule has 5 fully saturated rings. The Morgan fingerprint density at radius 3 is 2.76 bits per heavy atom. The molecule has 9 nitrogen and oxygen atoms in total. The zero-order valence-electron chi connectivity index (χ0n) is 22.3. The van der Waals surface area contributed by atoms with Crippen LogP contribution in [-0.2, 0) is 10.9 Å². The Balaban J connectivity index is 1.33. The number of nitrogen functional groups attached to an aromatic ring is 1. The Kier molecular flexibility index (Phi) is 5.78. The fourth-order valence-corrected chi connectivity index (χ4v) is 7.67. The van der Waals surface area contributed by atoms with Gasteiger partial charge < -0.3 is 30.2 Å². The van der Waals surface area contributed by atoms with Crippen LogP contribution in [-0.4, -0.2) is 65.5 Å². The van der Waals surface area contributed by atoms with E-state index in [-0.39, 0.29) is 71.3 Å². The summed E-state index contributed by atoms with van der Waals surface area (Å²) in [4.78, 5) is 15.6. The lowest BCUT2D eigenvalue weighted by molar-refractivity contribution is -0.137. The number of pyridine rings is 1. The second-order valence-corrected chi connectivity index (χ2v) is 12.5. The average Bonchev–Trinajstić information content (AvgIpc) is 3.62. The molecule has 3 atom stereocenters. The molecule has 1 aliphatic carbocycles. The van der Waals surface area contributed by atoms with Gasteiger partial charge in [-0.05, 0) is 37.8 Å². The summed E-state index contributed by atoms with van der Waals surface area (Å²) in [6.07, 6.45) is -0.343. The van der Waals surface area contributed by atoms with Crippen molar-refractivity contribution in [1.29, 1.82) is 0 Å². The topological polar surface area (TPSA) is 108 Å². The molecule has 0 spiro atoms. The van der Waals surface area contributed by atoms with Gasteiger partial charge in [-0.2, -0.15) is 23.1 Å². The monoisotopic (exact) mass is 606 g/mol. The van der Waals surface area contributed by atoms with E-state index in [1.54, 1.807) is 0 Å². The molecule has 5 aliphatic heterocycles. The molecule has 9 rings (SSSR count). The highest BCUT2D eigenvalue weighted by molar-refractivity contribution is 6.32. The first-order chi connectivity index (χ1) is 20.1. The number of nitrogens with zero attached hydrogens (tertiary/aromatic N) is 4. The maximum Gasteiger partial charge on any atom is 0.418 e. The molecule has 2 aromatic heterocycles. The van der Waals surface area contributed by atoms with Gasteiger partial charge in [-0.25, -0.2) is 9.37 Å². The molecule has 0 unspecified atom stereocenters. The molecule has 6 aliphatic rings. The van der Waals surface area contributed by atoms with Gasteiger partial charge >= 0.3 is 12.2 Å². The number of ether oxygens (including phenoxy) is 3. The van der Waals surface area contributed by atoms with Gasteiger partial charge in [-0.3, -0.25) is 0 Å². The van der Waals surface area contributed by atoms with Gasteiger partial charge in [0.15, 0.2) is 5.82 Å². The second kappa shape index (κ2) is 9.17. The number of benzene rings is 1. The van der Waals surface area contributed by atoms with Gasteiger partial charge in [-0.1, -0.05) is 11.6 Å². The third-order valence-electron chi connectivity index (χ3n) is 9.30. The quantitative estimate of drug-likeness (QED) is 0.322. The summed E-state index contributed by atoms with van der Waals surface area (Å²) in [6.45, 7) is 1.70. The molecule has 3 N–H and O–H groups in total. The highest BCUT2D eigenvalue weighted by Gasteiger charge is 2.52. The van der Waals surface area contributed by atoms with Crippen LogP contribution in [0.1, 0.15) is 37.7 Å². The first-order valence-corrected chi connectivity index (χ1v) is 14.4. The fourth-order valence-electron chi connectivity index (χ4n) is 7.34. The Morgan fingerprint density at radius 1 is 1.17 bits per heavy atom. The molecule has 0 radical (unpaired) electrons. The zero-order valence-corrected chi connectivity index (χ0v) is 23.1. The Hall–Kier alpha value is -3.16. The van der Waals surface area contributed by atoms with E-state index >= 15 is 4.39 Å². The Bertz CT molecular complexity index is 1610. The number of nitrogens with two attached hydrogens (primary N) is 1. The van der Waals surface area contributed by atoms with Crippen LogP contribution < -0.4 is 25.4 Å². The van der Waals surface area contributed by atoms with E-state index in [1.165, 1.54) is 0 Å². The standard InChI is InChI=1S/C28H27ClF4N6O3/c29-16-6-12(34)5-15(20(16)28(31,32)33)22-21(30)23-19-24(38-26(37-23)42-11-27-7-14(8-27)41-10-27)39-9-13-1-2-17(35-13)18(39)3-4-40-25(19)36-22/h5-6,13-14,17-18,35H,1-4,7-11,34H2/t13-,14?,17+,18-,27?/m0/s1. The summed E-state index contributed by atoms with van der Waals surface area (Å²) in [5, 5.41) is 3.18. The van der Waals surface area contributed by atoms with Gasteiger partial charge in [0.1, 0.15) is 22.4 Å². The molecule has 4 saturated heterocycles. The number of anilines is 2. The largest absolute Gasteiger partial charge is 0.477 e. The van der Waals surface area contributed by atoms with Crippen molar-refractivity contribution in [3.8, 4) is 23.1 Å². The van der Waals surface area contributed by atoms with Gasteiger partial charge in [-0.15, -0.1) is 0 Å². The van der Waals surface area contributed by atoms with Crippen molar-refractivity contribution in [3.05, 3.63) is 28.5 Å². The van der Waals surface area contributed by atoms with E-state index in [0.717, 1.165) is 37.8 Å². The molecule has 4 bridgehead atoms. The number of halogens is 5. The van der Waals surface area contributed by atoms with Crippen LogP contribution in [0.2, 0.25) is 5.02 Å². The number of alkyl halides is 3. The van der Waals surface area contributed by atoms with Crippen molar-refractivity contribution in [3.63, 3.8) is 0 Å². The third kappa shape index (κ3) is 4.07. The van der Waals surface area contributed by atoms with E-state index in [2.05, 4.69) is 20.2 Å². The van der Waals surface area contributed by atoms with Gasteiger partial charge in [0.05, 0.1) is 36.5 Å². The molecule has 42 heavy (non-hydrogen) atoms. The van der Waals surface area contributed by atoms with Crippen LogP contribution in [0.4, 0.5) is 29.1 Å². The summed E-state index contributed by atoms with van der Waals surface area (Å²) in [5.41, 5.74) is 2.96. The third-order valence-corrected chi connectivity index (χ3v) is 9.60. The lowest BCUT2D eigenvalue weighted by Crippen LogP contribution is -2.59. The molecule has 0 amide bonds. The Labute approximate surface area is 242 Å². The SMILES string of the molecule is Nc1cc(Cl)c(C(F)(F)F)c(-c2nc3c4c(nc(OCC56COC(C5)C6)nc4c2F)N2C[C@@H]4CC[C@@H](N4)[C@@H]2CCO3)c1. The molecule has 222 valence electrons. The Morgan fingerprint density at radius 2 is 2.00 bits per heavy atom.